The van der Waals surface area contributed by atoms with Gasteiger partial charge < -0.3 is 16.0 Å². The van der Waals surface area contributed by atoms with Crippen LogP contribution in [0, 0.1) is 0 Å². The normalized spacial score (nSPS) is 10.9. The van der Waals surface area contributed by atoms with E-state index in [0.29, 0.717) is 17.9 Å². The molecule has 0 heterocycles. The largest absolute Gasteiger partial charge is 0.334 e. The number of nitrogens with one attached hydrogen (secondary N) is 3. The van der Waals surface area contributed by atoms with Gasteiger partial charge in [0.2, 0.25) is 5.91 Å². The molecule has 0 unspecified atom stereocenters. The number of carbonyl (C=O) groups is 2. The van der Waals surface area contributed by atoms with Crippen molar-refractivity contribution in [3.05, 3.63) is 59.7 Å². The summed E-state index contributed by atoms with van der Waals surface area (Å²) in [6.07, 6.45) is 0. The molecule has 3 N–H and O–H groups in total. The molecule has 5 heteroatoms. The second-order valence-electron chi connectivity index (χ2n) is 7.01. The monoisotopic (exact) mass is 339 g/mol. The van der Waals surface area contributed by atoms with Gasteiger partial charge in [-0.25, -0.2) is 4.79 Å². The predicted octanol–water partition coefficient (Wildman–Crippen LogP) is 4.26. The first-order valence-electron chi connectivity index (χ1n) is 8.26. The zero-order valence-electron chi connectivity index (χ0n) is 15.1. The first-order valence-corrected chi connectivity index (χ1v) is 8.26. The average molecular weight is 339 g/mol. The Labute approximate surface area is 148 Å². The van der Waals surface area contributed by atoms with Gasteiger partial charge in [0.1, 0.15) is 0 Å². The molecule has 0 bridgehead atoms. The first kappa shape index (κ1) is 18.5. The highest BCUT2D eigenvalue weighted by Gasteiger charge is 2.12. The van der Waals surface area contributed by atoms with Crippen LogP contribution in [0.4, 0.5) is 16.2 Å². The Morgan fingerprint density at radius 2 is 1.36 bits per heavy atom. The molecule has 25 heavy (non-hydrogen) atoms. The predicted molar refractivity (Wildman–Crippen MR) is 102 cm³/mol. The number of hydrogen-bond acceptors (Lipinski definition) is 2. The molecule has 0 aliphatic carbocycles. The quantitative estimate of drug-likeness (QED) is 0.779. The Bertz CT molecular complexity index is 729. The van der Waals surface area contributed by atoms with E-state index in [1.54, 1.807) is 24.3 Å². The smallest absolute Gasteiger partial charge is 0.319 e. The van der Waals surface area contributed by atoms with Crippen molar-refractivity contribution in [2.45, 2.75) is 39.7 Å². The summed E-state index contributed by atoms with van der Waals surface area (Å²) in [6.45, 7) is 8.43. The van der Waals surface area contributed by atoms with E-state index < -0.39 is 0 Å². The van der Waals surface area contributed by atoms with E-state index in [9.17, 15) is 9.59 Å². The minimum Gasteiger partial charge on any atom is -0.334 e. The number of hydrogen-bond donors (Lipinski definition) is 3. The lowest BCUT2D eigenvalue weighted by Crippen LogP contribution is -2.28. The van der Waals surface area contributed by atoms with Crippen LogP contribution in [-0.2, 0) is 16.8 Å². The zero-order chi connectivity index (χ0) is 18.4. The van der Waals surface area contributed by atoms with E-state index in [2.05, 4.69) is 48.9 Å². The number of carbonyl (C=O) groups excluding carboxylic acids is 2. The van der Waals surface area contributed by atoms with Crippen molar-refractivity contribution < 1.29 is 9.59 Å². The van der Waals surface area contributed by atoms with Crippen molar-refractivity contribution in [2.75, 3.05) is 10.6 Å². The molecular weight excluding hydrogens is 314 g/mol. The highest BCUT2D eigenvalue weighted by molar-refractivity contribution is 5.91. The van der Waals surface area contributed by atoms with Crippen molar-refractivity contribution in [3.8, 4) is 0 Å². The molecule has 2 aromatic carbocycles. The minimum atomic E-state index is -0.271. The van der Waals surface area contributed by atoms with Crippen molar-refractivity contribution in [3.63, 3.8) is 0 Å². The summed E-state index contributed by atoms with van der Waals surface area (Å²) < 4.78 is 0. The van der Waals surface area contributed by atoms with Crippen molar-refractivity contribution in [1.29, 1.82) is 0 Å². The lowest BCUT2D eigenvalue weighted by molar-refractivity contribution is -0.114. The maximum Gasteiger partial charge on any atom is 0.319 e. The van der Waals surface area contributed by atoms with Crippen LogP contribution < -0.4 is 16.0 Å². The molecule has 3 amide bonds. The van der Waals surface area contributed by atoms with Crippen molar-refractivity contribution in [1.82, 2.24) is 5.32 Å². The van der Waals surface area contributed by atoms with Crippen LogP contribution in [0.15, 0.2) is 48.5 Å². The molecule has 0 saturated heterocycles. The van der Waals surface area contributed by atoms with Crippen LogP contribution >= 0.6 is 0 Å². The lowest BCUT2D eigenvalue weighted by atomic mass is 9.87. The van der Waals surface area contributed by atoms with Crippen LogP contribution in [0.1, 0.15) is 38.8 Å². The molecule has 2 rings (SSSR count). The van der Waals surface area contributed by atoms with Gasteiger partial charge in [-0.15, -0.1) is 0 Å². The van der Waals surface area contributed by atoms with E-state index in [4.69, 9.17) is 0 Å². The van der Waals surface area contributed by atoms with E-state index in [-0.39, 0.29) is 17.4 Å². The summed E-state index contributed by atoms with van der Waals surface area (Å²) in [6, 6.07) is 14.9. The van der Waals surface area contributed by atoms with Crippen LogP contribution in [0.25, 0.3) is 0 Å². The van der Waals surface area contributed by atoms with E-state index >= 15 is 0 Å². The molecule has 0 aliphatic heterocycles. The highest BCUT2D eigenvalue weighted by Crippen LogP contribution is 2.22. The Kier molecular flexibility index (Phi) is 5.80. The van der Waals surface area contributed by atoms with E-state index in [0.717, 1.165) is 5.56 Å². The average Bonchev–Trinajstić information content (AvgIpc) is 2.54. The molecule has 0 spiro atoms. The van der Waals surface area contributed by atoms with Gasteiger partial charge in [0, 0.05) is 24.8 Å². The maximum atomic E-state index is 12.0. The number of rotatable bonds is 4. The Morgan fingerprint density at radius 3 is 1.84 bits per heavy atom. The summed E-state index contributed by atoms with van der Waals surface area (Å²) in [5.41, 5.74) is 3.78. The molecule has 0 aliphatic rings. The van der Waals surface area contributed by atoms with Gasteiger partial charge in [0.05, 0.1) is 0 Å². The number of urea groups is 1. The molecule has 2 aromatic rings. The highest BCUT2D eigenvalue weighted by atomic mass is 16.2. The summed E-state index contributed by atoms with van der Waals surface area (Å²) in [7, 11) is 0. The lowest BCUT2D eigenvalue weighted by Gasteiger charge is -2.19. The summed E-state index contributed by atoms with van der Waals surface area (Å²) in [5.74, 6) is -0.129. The Morgan fingerprint density at radius 1 is 0.840 bits per heavy atom. The summed E-state index contributed by atoms with van der Waals surface area (Å²) >= 11 is 0. The topological polar surface area (TPSA) is 70.2 Å². The maximum absolute atomic E-state index is 12.0. The Hall–Kier alpha value is -2.82. The molecular formula is C20H25N3O2. The number of amides is 3. The van der Waals surface area contributed by atoms with Gasteiger partial charge >= 0.3 is 6.03 Å². The standard InChI is InChI=1S/C20H25N3O2/c1-14(24)22-17-9-11-18(12-10-17)23-19(25)21-13-15-5-7-16(8-6-15)20(2,3)4/h5-12H,13H2,1-4H3,(H,22,24)(H2,21,23,25). The van der Waals surface area contributed by atoms with Gasteiger partial charge in [-0.05, 0) is 40.8 Å². The summed E-state index contributed by atoms with van der Waals surface area (Å²) in [4.78, 5) is 23.0. The first-order chi connectivity index (χ1) is 11.7. The zero-order valence-corrected chi connectivity index (χ0v) is 15.1. The van der Waals surface area contributed by atoms with Crippen molar-refractivity contribution in [2.24, 2.45) is 0 Å². The second-order valence-corrected chi connectivity index (χ2v) is 7.01. The fraction of sp³-hybridized carbons (Fsp3) is 0.300. The molecule has 0 fully saturated rings. The SMILES string of the molecule is CC(=O)Nc1ccc(NC(=O)NCc2ccc(C(C)(C)C)cc2)cc1. The van der Waals surface area contributed by atoms with Gasteiger partial charge in [-0.3, -0.25) is 4.79 Å². The van der Waals surface area contributed by atoms with Crippen LogP contribution in [0.2, 0.25) is 0 Å². The second kappa shape index (κ2) is 7.83. The van der Waals surface area contributed by atoms with Gasteiger partial charge in [-0.1, -0.05) is 45.0 Å². The van der Waals surface area contributed by atoms with E-state index in [1.165, 1.54) is 12.5 Å². The molecule has 0 atom stereocenters. The van der Waals surface area contributed by atoms with Gasteiger partial charge in [-0.2, -0.15) is 0 Å². The number of anilines is 2. The molecule has 5 nitrogen and oxygen atoms in total. The third kappa shape index (κ3) is 5.95. The third-order valence-corrected chi connectivity index (χ3v) is 3.74. The van der Waals surface area contributed by atoms with Gasteiger partial charge in [0.25, 0.3) is 0 Å². The van der Waals surface area contributed by atoms with Gasteiger partial charge in [0.15, 0.2) is 0 Å². The van der Waals surface area contributed by atoms with E-state index in [1.807, 2.05) is 12.1 Å². The Balaban J connectivity index is 1.85. The van der Waals surface area contributed by atoms with Crippen LogP contribution in [0.3, 0.4) is 0 Å². The molecule has 0 radical (unpaired) electrons. The van der Waals surface area contributed by atoms with Crippen molar-refractivity contribution >= 4 is 23.3 Å². The summed E-state index contributed by atoms with van der Waals surface area (Å²) in [5, 5.41) is 8.28. The molecule has 0 saturated carbocycles. The van der Waals surface area contributed by atoms with Crippen LogP contribution in [-0.4, -0.2) is 11.9 Å². The third-order valence-electron chi connectivity index (χ3n) is 3.74. The fourth-order valence-corrected chi connectivity index (χ4v) is 2.32. The fourth-order valence-electron chi connectivity index (χ4n) is 2.32. The van der Waals surface area contributed by atoms with Crippen LogP contribution in [0.5, 0.6) is 0 Å². The molecule has 132 valence electrons. The number of benzene rings is 2. The minimum absolute atomic E-state index is 0.118. The molecule has 0 aromatic heterocycles.